The molecule has 0 aliphatic rings. The molecule has 0 fully saturated rings. The Balaban J connectivity index is 4.82. The van der Waals surface area contributed by atoms with Crippen LogP contribution in [-0.4, -0.2) is 11.5 Å². The summed E-state index contributed by atoms with van der Waals surface area (Å²) in [5.74, 6) is 5.81. The van der Waals surface area contributed by atoms with Gasteiger partial charge in [0.2, 0.25) is 0 Å². The maximum absolute atomic E-state index is 2.59. The van der Waals surface area contributed by atoms with Crippen molar-refractivity contribution in [1.82, 2.24) is 0 Å². The fraction of sp³-hybridized carbons (Fsp3) is 1.00. The molecule has 0 aliphatic carbocycles. The van der Waals surface area contributed by atoms with Crippen LogP contribution >= 0.6 is 11.8 Å². The lowest BCUT2D eigenvalue weighted by molar-refractivity contribution is -0.00523. The number of unbranched alkanes of at least 4 members (excludes halogenated alkanes) is 1. The highest BCUT2D eigenvalue weighted by Crippen LogP contribution is 2.52. The van der Waals surface area contributed by atoms with Crippen LogP contribution in [0.4, 0.5) is 0 Å². The molecular formula is C23H48S. The first-order valence-corrected chi connectivity index (χ1v) is 11.7. The minimum absolute atomic E-state index is 0.423. The van der Waals surface area contributed by atoms with Crippen LogP contribution < -0.4 is 0 Å². The Morgan fingerprint density at radius 1 is 0.792 bits per heavy atom. The van der Waals surface area contributed by atoms with E-state index in [0.29, 0.717) is 10.8 Å². The van der Waals surface area contributed by atoms with Crippen LogP contribution in [0.3, 0.4) is 0 Å². The molecule has 0 N–H and O–H groups in total. The van der Waals surface area contributed by atoms with Gasteiger partial charge in [0.25, 0.3) is 0 Å². The Hall–Kier alpha value is 0.350. The van der Waals surface area contributed by atoms with Gasteiger partial charge in [0.05, 0.1) is 0 Å². The Labute approximate surface area is 159 Å². The van der Waals surface area contributed by atoms with Crippen LogP contribution in [0, 0.1) is 34.5 Å². The summed E-state index contributed by atoms with van der Waals surface area (Å²) in [5, 5.41) is 0. The second-order valence-electron chi connectivity index (χ2n) is 9.75. The van der Waals surface area contributed by atoms with Gasteiger partial charge in [0, 0.05) is 0 Å². The molecule has 0 spiro atoms. The smallest absolute Gasteiger partial charge is 0.00622 e. The third kappa shape index (κ3) is 7.30. The zero-order valence-electron chi connectivity index (χ0n) is 18.7. The van der Waals surface area contributed by atoms with E-state index in [9.17, 15) is 0 Å². The van der Waals surface area contributed by atoms with Gasteiger partial charge in [0.15, 0.2) is 0 Å². The quantitative estimate of drug-likeness (QED) is 0.299. The molecule has 0 heterocycles. The molecule has 24 heavy (non-hydrogen) atoms. The first-order valence-electron chi connectivity index (χ1n) is 10.6. The average molecular weight is 357 g/mol. The predicted molar refractivity (Wildman–Crippen MR) is 116 cm³/mol. The van der Waals surface area contributed by atoms with E-state index in [1.807, 2.05) is 0 Å². The molecule has 1 heteroatoms. The molecule has 0 aliphatic heterocycles. The van der Waals surface area contributed by atoms with E-state index in [4.69, 9.17) is 0 Å². The third-order valence-corrected chi connectivity index (χ3v) is 8.27. The van der Waals surface area contributed by atoms with Crippen LogP contribution in [0.2, 0.25) is 0 Å². The fourth-order valence-corrected chi connectivity index (χ4v) is 4.86. The summed E-state index contributed by atoms with van der Waals surface area (Å²) in [6, 6.07) is 0. The van der Waals surface area contributed by atoms with Crippen molar-refractivity contribution in [1.29, 1.82) is 0 Å². The molecule has 0 amide bonds. The average Bonchev–Trinajstić information content (AvgIpc) is 2.50. The third-order valence-electron chi connectivity index (χ3n) is 7.37. The minimum Gasteiger partial charge on any atom is -0.162 e. The predicted octanol–water partition coefficient (Wildman–Crippen LogP) is 8.31. The first-order chi connectivity index (χ1) is 11.0. The zero-order valence-corrected chi connectivity index (χ0v) is 19.5. The SMILES string of the molecule is CCSCCC(C)(C(C)C(C)C)C(C)(C)CCCCC(C)C(C)C. The molecule has 0 bridgehead atoms. The Morgan fingerprint density at radius 3 is 1.83 bits per heavy atom. The second-order valence-corrected chi connectivity index (χ2v) is 11.1. The van der Waals surface area contributed by atoms with Crippen LogP contribution in [-0.2, 0) is 0 Å². The fourth-order valence-electron chi connectivity index (χ4n) is 4.00. The molecular weight excluding hydrogens is 308 g/mol. The number of hydrogen-bond donors (Lipinski definition) is 0. The molecule has 3 unspecified atom stereocenters. The van der Waals surface area contributed by atoms with E-state index in [0.717, 1.165) is 23.7 Å². The van der Waals surface area contributed by atoms with Gasteiger partial charge < -0.3 is 0 Å². The maximum Gasteiger partial charge on any atom is -0.00622 e. The summed E-state index contributed by atoms with van der Waals surface area (Å²) in [5.41, 5.74) is 0.860. The lowest BCUT2D eigenvalue weighted by Crippen LogP contribution is -2.43. The van der Waals surface area contributed by atoms with E-state index < -0.39 is 0 Å². The second kappa shape index (κ2) is 11.1. The summed E-state index contributed by atoms with van der Waals surface area (Å²) in [6.45, 7) is 24.4. The standard InChI is InChI=1S/C23H48S/c1-11-24-17-16-23(10,21(7)19(4)5)22(8,9)15-13-12-14-20(6)18(2)3/h18-21H,11-17H2,1-10H3. The van der Waals surface area contributed by atoms with Gasteiger partial charge in [-0.2, -0.15) is 11.8 Å². The van der Waals surface area contributed by atoms with Crippen molar-refractivity contribution < 1.29 is 0 Å². The largest absolute Gasteiger partial charge is 0.162 e. The Morgan fingerprint density at radius 2 is 1.38 bits per heavy atom. The van der Waals surface area contributed by atoms with Crippen LogP contribution in [0.5, 0.6) is 0 Å². The van der Waals surface area contributed by atoms with Gasteiger partial charge >= 0.3 is 0 Å². The summed E-state index contributed by atoms with van der Waals surface area (Å²) < 4.78 is 0. The summed E-state index contributed by atoms with van der Waals surface area (Å²) in [4.78, 5) is 0. The van der Waals surface area contributed by atoms with Gasteiger partial charge in [-0.1, -0.05) is 88.5 Å². The maximum atomic E-state index is 2.59. The van der Waals surface area contributed by atoms with E-state index in [1.165, 1.54) is 43.6 Å². The molecule has 0 nitrogen and oxygen atoms in total. The highest BCUT2D eigenvalue weighted by molar-refractivity contribution is 7.99. The number of hydrogen-bond acceptors (Lipinski definition) is 1. The highest BCUT2D eigenvalue weighted by Gasteiger charge is 2.44. The van der Waals surface area contributed by atoms with Crippen molar-refractivity contribution in [3.63, 3.8) is 0 Å². The van der Waals surface area contributed by atoms with Crippen LogP contribution in [0.1, 0.15) is 101 Å². The molecule has 0 saturated heterocycles. The normalized spacial score (nSPS) is 18.0. The highest BCUT2D eigenvalue weighted by atomic mass is 32.2. The molecule has 3 atom stereocenters. The van der Waals surface area contributed by atoms with Gasteiger partial charge in [0.1, 0.15) is 0 Å². The van der Waals surface area contributed by atoms with E-state index in [2.05, 4.69) is 81.0 Å². The number of rotatable bonds is 13. The molecule has 0 aromatic rings. The van der Waals surface area contributed by atoms with Gasteiger partial charge in [-0.3, -0.25) is 0 Å². The Bertz CT molecular complexity index is 318. The lowest BCUT2D eigenvalue weighted by atomic mass is 9.55. The monoisotopic (exact) mass is 356 g/mol. The van der Waals surface area contributed by atoms with E-state index >= 15 is 0 Å². The molecule has 0 rings (SSSR count). The summed E-state index contributed by atoms with van der Waals surface area (Å²) in [6.07, 6.45) is 6.93. The molecule has 0 radical (unpaired) electrons. The zero-order chi connectivity index (χ0) is 19.0. The van der Waals surface area contributed by atoms with Gasteiger partial charge in [-0.15, -0.1) is 0 Å². The lowest BCUT2D eigenvalue weighted by Gasteiger charge is -2.50. The molecule has 0 aromatic heterocycles. The van der Waals surface area contributed by atoms with Crippen molar-refractivity contribution >= 4 is 11.8 Å². The molecule has 0 aromatic carbocycles. The van der Waals surface area contributed by atoms with Crippen LogP contribution in [0.15, 0.2) is 0 Å². The molecule has 146 valence electrons. The number of thioether (sulfide) groups is 1. The minimum atomic E-state index is 0.423. The van der Waals surface area contributed by atoms with Crippen LogP contribution in [0.25, 0.3) is 0 Å². The van der Waals surface area contributed by atoms with Crippen molar-refractivity contribution in [3.8, 4) is 0 Å². The first kappa shape index (κ1) is 24.4. The molecule has 0 saturated carbocycles. The topological polar surface area (TPSA) is 0 Å². The summed E-state index contributed by atoms with van der Waals surface area (Å²) in [7, 11) is 0. The summed E-state index contributed by atoms with van der Waals surface area (Å²) >= 11 is 2.12. The van der Waals surface area contributed by atoms with Gasteiger partial charge in [-0.25, -0.2) is 0 Å². The Kier molecular flexibility index (Phi) is 11.3. The van der Waals surface area contributed by atoms with E-state index in [1.54, 1.807) is 0 Å². The van der Waals surface area contributed by atoms with Crippen molar-refractivity contribution in [2.24, 2.45) is 34.5 Å². The van der Waals surface area contributed by atoms with Crippen molar-refractivity contribution in [2.45, 2.75) is 101 Å². The van der Waals surface area contributed by atoms with Crippen molar-refractivity contribution in [3.05, 3.63) is 0 Å². The van der Waals surface area contributed by atoms with E-state index in [-0.39, 0.29) is 0 Å². The van der Waals surface area contributed by atoms with Gasteiger partial charge in [-0.05, 0) is 58.8 Å². The van der Waals surface area contributed by atoms with Crippen molar-refractivity contribution in [2.75, 3.05) is 11.5 Å².